The van der Waals surface area contributed by atoms with Gasteiger partial charge in [0.15, 0.2) is 0 Å². The zero-order valence-electron chi connectivity index (χ0n) is 24.8. The normalized spacial score (nSPS) is 18.4. The molecule has 0 amide bonds. The van der Waals surface area contributed by atoms with E-state index in [4.69, 9.17) is 0 Å². The van der Waals surface area contributed by atoms with Crippen LogP contribution in [0.25, 0.3) is 21.9 Å². The lowest BCUT2D eigenvalue weighted by atomic mass is 9.88. The van der Waals surface area contributed by atoms with E-state index in [0.717, 1.165) is 12.1 Å². The second-order valence-corrected chi connectivity index (χ2v) is 12.0. The second kappa shape index (κ2) is 10.7. The van der Waals surface area contributed by atoms with Crippen molar-refractivity contribution >= 4 is 33.5 Å². The third-order valence-corrected chi connectivity index (χ3v) is 9.42. The maximum atomic E-state index is 2.48. The van der Waals surface area contributed by atoms with Crippen molar-refractivity contribution in [1.82, 2.24) is 0 Å². The number of hydrogen-bond acceptors (Lipinski definition) is 2. The molecule has 0 heterocycles. The van der Waals surface area contributed by atoms with Gasteiger partial charge in [0.1, 0.15) is 0 Å². The summed E-state index contributed by atoms with van der Waals surface area (Å²) in [6, 6.07) is 54.9. The molecular formula is C42H34N2. The fourth-order valence-electron chi connectivity index (χ4n) is 6.92. The Morgan fingerprint density at radius 2 is 1.20 bits per heavy atom. The third kappa shape index (κ3) is 4.60. The monoisotopic (exact) mass is 566 g/mol. The minimum Gasteiger partial charge on any atom is -0.345 e. The van der Waals surface area contributed by atoms with Crippen molar-refractivity contribution < 1.29 is 0 Å². The molecule has 6 aromatic rings. The Bertz CT molecular complexity index is 2010. The molecule has 0 saturated heterocycles. The van der Waals surface area contributed by atoms with Crippen LogP contribution in [-0.4, -0.2) is 7.05 Å². The summed E-state index contributed by atoms with van der Waals surface area (Å²) >= 11 is 0. The van der Waals surface area contributed by atoms with E-state index in [1.165, 1.54) is 50.2 Å². The van der Waals surface area contributed by atoms with Crippen molar-refractivity contribution in [2.24, 2.45) is 5.92 Å². The van der Waals surface area contributed by atoms with Crippen LogP contribution in [-0.2, 0) is 5.41 Å². The highest BCUT2D eigenvalue weighted by Crippen LogP contribution is 2.62. The van der Waals surface area contributed by atoms with Gasteiger partial charge >= 0.3 is 0 Å². The molecule has 2 unspecified atom stereocenters. The Balaban J connectivity index is 1.18. The quantitative estimate of drug-likeness (QED) is 0.190. The molecule has 2 nitrogen and oxygen atoms in total. The first kappa shape index (κ1) is 26.3. The van der Waals surface area contributed by atoms with Gasteiger partial charge in [-0.15, -0.1) is 0 Å². The fourth-order valence-corrected chi connectivity index (χ4v) is 6.92. The molecule has 0 aliphatic heterocycles. The van der Waals surface area contributed by atoms with Gasteiger partial charge in [-0.25, -0.2) is 0 Å². The highest BCUT2D eigenvalue weighted by Gasteiger charge is 2.57. The van der Waals surface area contributed by atoms with Crippen molar-refractivity contribution in [3.05, 3.63) is 181 Å². The maximum absolute atomic E-state index is 2.48. The van der Waals surface area contributed by atoms with Gasteiger partial charge < -0.3 is 9.80 Å². The first-order valence-corrected chi connectivity index (χ1v) is 15.4. The fraction of sp³-hybridized carbons (Fsp3) is 0.0952. The van der Waals surface area contributed by atoms with Gasteiger partial charge in [0.05, 0.1) is 0 Å². The van der Waals surface area contributed by atoms with Crippen LogP contribution in [0.2, 0.25) is 0 Å². The third-order valence-electron chi connectivity index (χ3n) is 9.42. The van der Waals surface area contributed by atoms with E-state index in [9.17, 15) is 0 Å². The van der Waals surface area contributed by atoms with E-state index in [2.05, 4.69) is 187 Å². The molecule has 2 aliphatic rings. The van der Waals surface area contributed by atoms with Crippen LogP contribution < -0.4 is 9.80 Å². The molecule has 212 valence electrons. The van der Waals surface area contributed by atoms with Crippen LogP contribution in [0.1, 0.15) is 12.0 Å². The molecule has 44 heavy (non-hydrogen) atoms. The lowest BCUT2D eigenvalue weighted by molar-refractivity contribution is 0.770. The summed E-state index contributed by atoms with van der Waals surface area (Å²) in [5.41, 5.74) is 9.94. The smallest absolute Gasteiger partial charge is 0.0464 e. The Morgan fingerprint density at radius 1 is 0.545 bits per heavy atom. The number of fused-ring (bicyclic) bond motifs is 2. The first-order valence-electron chi connectivity index (χ1n) is 15.4. The average molecular weight is 567 g/mol. The molecule has 1 saturated carbocycles. The van der Waals surface area contributed by atoms with Crippen molar-refractivity contribution in [2.75, 3.05) is 16.8 Å². The minimum atomic E-state index is 0.0663. The van der Waals surface area contributed by atoms with Crippen LogP contribution >= 0.6 is 0 Å². The van der Waals surface area contributed by atoms with Gasteiger partial charge in [0.25, 0.3) is 0 Å². The summed E-state index contributed by atoms with van der Waals surface area (Å²) in [6.45, 7) is 0. The minimum absolute atomic E-state index is 0.0663. The molecule has 1 fully saturated rings. The van der Waals surface area contributed by atoms with Crippen molar-refractivity contribution in [3.8, 4) is 11.1 Å². The van der Waals surface area contributed by atoms with E-state index < -0.39 is 0 Å². The predicted molar refractivity (Wildman–Crippen MR) is 186 cm³/mol. The van der Waals surface area contributed by atoms with Crippen molar-refractivity contribution in [2.45, 2.75) is 11.8 Å². The molecule has 6 aromatic carbocycles. The standard InChI is InChI=1S/C42H34N2/c1-43(38-22-21-32-14-8-9-15-33(32)28-38)36-23-25-37(26-24-36)44(39-19-10-16-34(29-39)31-12-4-2-5-13-31)41-20-11-27-42(30-40(41)42)35-17-6-3-7-18-35/h2-29,40H,30H2,1H3. The van der Waals surface area contributed by atoms with E-state index in [1.54, 1.807) is 0 Å². The van der Waals surface area contributed by atoms with E-state index in [-0.39, 0.29) is 5.41 Å². The lowest BCUT2D eigenvalue weighted by Gasteiger charge is -2.32. The summed E-state index contributed by atoms with van der Waals surface area (Å²) in [4.78, 5) is 4.74. The lowest BCUT2D eigenvalue weighted by Crippen LogP contribution is -2.23. The van der Waals surface area contributed by atoms with Gasteiger partial charge in [0.2, 0.25) is 0 Å². The molecule has 0 radical (unpaired) electrons. The number of rotatable bonds is 7. The number of anilines is 4. The van der Waals surface area contributed by atoms with E-state index in [0.29, 0.717) is 5.92 Å². The summed E-state index contributed by atoms with van der Waals surface area (Å²) < 4.78 is 0. The largest absolute Gasteiger partial charge is 0.345 e. The van der Waals surface area contributed by atoms with Crippen LogP contribution in [0.5, 0.6) is 0 Å². The zero-order valence-corrected chi connectivity index (χ0v) is 24.8. The molecule has 0 aromatic heterocycles. The molecule has 2 heteroatoms. The van der Waals surface area contributed by atoms with Crippen LogP contribution in [0.3, 0.4) is 0 Å². The van der Waals surface area contributed by atoms with Crippen molar-refractivity contribution in [3.63, 3.8) is 0 Å². The zero-order chi connectivity index (χ0) is 29.5. The summed E-state index contributed by atoms with van der Waals surface area (Å²) in [6.07, 6.45) is 8.12. The van der Waals surface area contributed by atoms with Gasteiger partial charge in [-0.1, -0.05) is 115 Å². The highest BCUT2D eigenvalue weighted by molar-refractivity contribution is 5.87. The van der Waals surface area contributed by atoms with Gasteiger partial charge in [0, 0.05) is 46.8 Å². The predicted octanol–water partition coefficient (Wildman–Crippen LogP) is 10.8. The molecule has 2 atom stereocenters. The Kier molecular flexibility index (Phi) is 6.42. The molecular weight excluding hydrogens is 532 g/mol. The molecule has 2 aliphatic carbocycles. The summed E-state index contributed by atoms with van der Waals surface area (Å²) in [5, 5.41) is 2.51. The Morgan fingerprint density at radius 3 is 2.00 bits per heavy atom. The molecule has 0 bridgehead atoms. The SMILES string of the molecule is CN(c1ccc(N(C2=CC=CC3(c4ccccc4)CC23)c2cccc(-c3ccccc3)c2)cc1)c1ccc2ccccc2c1. The van der Waals surface area contributed by atoms with Crippen LogP contribution in [0, 0.1) is 5.92 Å². The number of hydrogen-bond donors (Lipinski definition) is 0. The molecule has 0 N–H and O–H groups in total. The number of allylic oxidation sites excluding steroid dienone is 4. The van der Waals surface area contributed by atoms with E-state index in [1.807, 2.05) is 0 Å². The van der Waals surface area contributed by atoms with Gasteiger partial charge in [-0.05, 0) is 88.5 Å². The molecule has 8 rings (SSSR count). The number of nitrogens with zero attached hydrogens (tertiary/aromatic N) is 2. The van der Waals surface area contributed by atoms with Crippen molar-refractivity contribution in [1.29, 1.82) is 0 Å². The van der Waals surface area contributed by atoms with Gasteiger partial charge in [-0.2, -0.15) is 0 Å². The Hall–Kier alpha value is -5.34. The summed E-state index contributed by atoms with van der Waals surface area (Å²) in [5.74, 6) is 0.426. The topological polar surface area (TPSA) is 6.48 Å². The number of benzene rings is 6. The second-order valence-electron chi connectivity index (χ2n) is 12.0. The van der Waals surface area contributed by atoms with Gasteiger partial charge in [-0.3, -0.25) is 0 Å². The van der Waals surface area contributed by atoms with E-state index >= 15 is 0 Å². The maximum Gasteiger partial charge on any atom is 0.0464 e. The highest BCUT2D eigenvalue weighted by atomic mass is 15.2. The average Bonchev–Trinajstić information content (AvgIpc) is 3.86. The van der Waals surface area contributed by atoms with Crippen LogP contribution in [0.15, 0.2) is 176 Å². The van der Waals surface area contributed by atoms with Crippen LogP contribution in [0.4, 0.5) is 22.7 Å². The first-order chi connectivity index (χ1) is 21.7. The molecule has 0 spiro atoms. The summed E-state index contributed by atoms with van der Waals surface area (Å²) in [7, 11) is 2.15. The Labute approximate surface area is 259 Å².